The summed E-state index contributed by atoms with van der Waals surface area (Å²) >= 11 is 4.69. The van der Waals surface area contributed by atoms with E-state index >= 15 is 0 Å². The van der Waals surface area contributed by atoms with Crippen LogP contribution >= 0.6 is 12.2 Å². The monoisotopic (exact) mass is 156 g/mol. The maximum Gasteiger partial charge on any atom is 0.0894 e. The highest BCUT2D eigenvalue weighted by Gasteiger charge is 1.97. The Morgan fingerprint density at radius 1 is 1.90 bits per heavy atom. The number of nitrogens with two attached hydrogens (primary N) is 1. The van der Waals surface area contributed by atoms with E-state index < -0.39 is 0 Å². The molecule has 0 atom stereocenters. The van der Waals surface area contributed by atoms with Crippen molar-refractivity contribution in [3.8, 4) is 0 Å². The van der Waals surface area contributed by atoms with Gasteiger partial charge in [-0.2, -0.15) is 0 Å². The molecule has 0 spiro atoms. The minimum atomic E-state index is 0.445. The maximum atomic E-state index is 5.29. The van der Waals surface area contributed by atoms with Crippen LogP contribution in [0.1, 0.15) is 5.69 Å². The number of hydrogen-bond donors (Lipinski definition) is 1. The van der Waals surface area contributed by atoms with E-state index in [9.17, 15) is 0 Å². The Kier molecular flexibility index (Phi) is 1.96. The molecule has 0 amide bonds. The van der Waals surface area contributed by atoms with Gasteiger partial charge in [0, 0.05) is 19.7 Å². The summed E-state index contributed by atoms with van der Waals surface area (Å²) in [6.45, 7) is 0. The van der Waals surface area contributed by atoms with Crippen molar-refractivity contribution in [2.45, 2.75) is 6.42 Å². The lowest BCUT2D eigenvalue weighted by Crippen LogP contribution is -2.11. The predicted octanol–water partition coefficient (Wildman–Crippen LogP) is -0.356. The van der Waals surface area contributed by atoms with Gasteiger partial charge in [0.2, 0.25) is 0 Å². The summed E-state index contributed by atoms with van der Waals surface area (Å²) in [4.78, 5) is 0.445. The van der Waals surface area contributed by atoms with Crippen LogP contribution in [0.15, 0.2) is 6.20 Å². The number of aromatic nitrogens is 3. The molecule has 0 unspecified atom stereocenters. The third-order valence-electron chi connectivity index (χ3n) is 1.01. The van der Waals surface area contributed by atoms with E-state index in [0.29, 0.717) is 11.4 Å². The molecule has 1 rings (SSSR count). The summed E-state index contributed by atoms with van der Waals surface area (Å²) in [5.74, 6) is 0. The second-order valence-corrected chi connectivity index (χ2v) is 2.55. The second-order valence-electron chi connectivity index (χ2n) is 2.03. The molecule has 0 aliphatic rings. The minimum Gasteiger partial charge on any atom is -0.393 e. The van der Waals surface area contributed by atoms with Crippen LogP contribution in [0.3, 0.4) is 0 Å². The van der Waals surface area contributed by atoms with E-state index in [1.165, 1.54) is 0 Å². The summed E-state index contributed by atoms with van der Waals surface area (Å²) in [5, 5.41) is 7.52. The van der Waals surface area contributed by atoms with E-state index in [2.05, 4.69) is 22.5 Å². The number of thiocarbonyl (C=S) groups is 1. The molecule has 0 aliphatic heterocycles. The number of aryl methyl sites for hydroxylation is 1. The van der Waals surface area contributed by atoms with Crippen LogP contribution in [0.4, 0.5) is 0 Å². The molecule has 0 saturated heterocycles. The van der Waals surface area contributed by atoms with Gasteiger partial charge in [0.15, 0.2) is 0 Å². The van der Waals surface area contributed by atoms with Crippen LogP contribution in [0.2, 0.25) is 0 Å². The van der Waals surface area contributed by atoms with E-state index in [-0.39, 0.29) is 0 Å². The Morgan fingerprint density at radius 3 is 3.00 bits per heavy atom. The topological polar surface area (TPSA) is 56.7 Å². The van der Waals surface area contributed by atoms with Crippen LogP contribution in [0.5, 0.6) is 0 Å². The van der Waals surface area contributed by atoms with Crippen LogP contribution in [0.25, 0.3) is 0 Å². The fourth-order valence-electron chi connectivity index (χ4n) is 0.655. The molecule has 1 aromatic rings. The highest BCUT2D eigenvalue weighted by molar-refractivity contribution is 7.80. The van der Waals surface area contributed by atoms with Crippen molar-refractivity contribution in [1.82, 2.24) is 15.0 Å². The predicted molar refractivity (Wildman–Crippen MR) is 41.5 cm³/mol. The fourth-order valence-corrected chi connectivity index (χ4v) is 0.803. The van der Waals surface area contributed by atoms with Crippen molar-refractivity contribution < 1.29 is 0 Å². The fraction of sp³-hybridized carbons (Fsp3) is 0.400. The molecule has 1 heterocycles. The maximum absolute atomic E-state index is 5.29. The molecule has 54 valence electrons. The van der Waals surface area contributed by atoms with Gasteiger partial charge in [0.1, 0.15) is 0 Å². The van der Waals surface area contributed by atoms with E-state index in [1.807, 2.05) is 0 Å². The highest BCUT2D eigenvalue weighted by atomic mass is 32.1. The quantitative estimate of drug-likeness (QED) is 0.594. The Hall–Kier alpha value is -0.970. The lowest BCUT2D eigenvalue weighted by molar-refractivity contribution is 0.714. The summed E-state index contributed by atoms with van der Waals surface area (Å²) in [6.07, 6.45) is 2.32. The number of rotatable bonds is 2. The van der Waals surface area contributed by atoms with Crippen molar-refractivity contribution in [3.05, 3.63) is 11.9 Å². The zero-order valence-electron chi connectivity index (χ0n) is 5.61. The van der Waals surface area contributed by atoms with Crippen LogP contribution in [0, 0.1) is 0 Å². The van der Waals surface area contributed by atoms with Crippen LogP contribution in [-0.2, 0) is 13.5 Å². The molecule has 4 nitrogen and oxygen atoms in total. The van der Waals surface area contributed by atoms with E-state index in [4.69, 9.17) is 5.73 Å². The van der Waals surface area contributed by atoms with Gasteiger partial charge in [-0.25, -0.2) is 0 Å². The molecule has 0 aliphatic carbocycles. The van der Waals surface area contributed by atoms with Gasteiger partial charge in [-0.3, -0.25) is 4.68 Å². The first-order chi connectivity index (χ1) is 4.68. The summed E-state index contributed by atoms with van der Waals surface area (Å²) in [7, 11) is 1.80. The first-order valence-corrected chi connectivity index (χ1v) is 3.23. The first kappa shape index (κ1) is 7.14. The molecule has 2 N–H and O–H groups in total. The highest BCUT2D eigenvalue weighted by Crippen LogP contribution is 1.91. The van der Waals surface area contributed by atoms with Gasteiger partial charge in [0.05, 0.1) is 10.7 Å². The van der Waals surface area contributed by atoms with Crippen molar-refractivity contribution in [3.63, 3.8) is 0 Å². The normalized spacial score (nSPS) is 9.70. The van der Waals surface area contributed by atoms with Crippen molar-refractivity contribution in [1.29, 1.82) is 0 Å². The number of hydrogen-bond acceptors (Lipinski definition) is 3. The molecular weight excluding hydrogens is 148 g/mol. The lowest BCUT2D eigenvalue weighted by atomic mass is 10.3. The Labute approximate surface area is 64.0 Å². The lowest BCUT2D eigenvalue weighted by Gasteiger charge is -1.88. The van der Waals surface area contributed by atoms with Crippen LogP contribution < -0.4 is 5.73 Å². The van der Waals surface area contributed by atoms with Gasteiger partial charge in [0.25, 0.3) is 0 Å². The number of nitrogens with zero attached hydrogens (tertiary/aromatic N) is 3. The van der Waals surface area contributed by atoms with Gasteiger partial charge in [-0.05, 0) is 0 Å². The third-order valence-corrected chi connectivity index (χ3v) is 1.15. The Bertz CT molecular complexity index is 242. The molecule has 0 aromatic carbocycles. The Morgan fingerprint density at radius 2 is 2.60 bits per heavy atom. The summed E-state index contributed by atoms with van der Waals surface area (Å²) < 4.78 is 1.62. The molecular formula is C5H8N4S. The molecule has 10 heavy (non-hydrogen) atoms. The zero-order chi connectivity index (χ0) is 7.56. The molecule has 0 bridgehead atoms. The SMILES string of the molecule is Cn1cc(CC(N)=S)nn1. The van der Waals surface area contributed by atoms with E-state index in [0.717, 1.165) is 5.69 Å². The first-order valence-electron chi connectivity index (χ1n) is 2.82. The van der Waals surface area contributed by atoms with Crippen molar-refractivity contribution in [2.24, 2.45) is 12.8 Å². The average molecular weight is 156 g/mol. The molecule has 5 heteroatoms. The molecule has 0 fully saturated rings. The van der Waals surface area contributed by atoms with Gasteiger partial charge < -0.3 is 5.73 Å². The van der Waals surface area contributed by atoms with Gasteiger partial charge >= 0.3 is 0 Å². The zero-order valence-corrected chi connectivity index (χ0v) is 6.43. The van der Waals surface area contributed by atoms with Crippen molar-refractivity contribution in [2.75, 3.05) is 0 Å². The smallest absolute Gasteiger partial charge is 0.0894 e. The minimum absolute atomic E-state index is 0.445. The Balaban J connectivity index is 2.67. The van der Waals surface area contributed by atoms with Gasteiger partial charge in [-0.15, -0.1) is 5.10 Å². The second kappa shape index (κ2) is 2.74. The van der Waals surface area contributed by atoms with Crippen molar-refractivity contribution >= 4 is 17.2 Å². The molecule has 1 aromatic heterocycles. The third kappa shape index (κ3) is 1.77. The average Bonchev–Trinajstić information content (AvgIpc) is 2.13. The standard InChI is InChI=1S/C5H8N4S/c1-9-3-4(7-8-9)2-5(6)10/h3H,2H2,1H3,(H2,6,10). The summed E-state index contributed by atoms with van der Waals surface area (Å²) in [6, 6.07) is 0. The van der Waals surface area contributed by atoms with E-state index in [1.54, 1.807) is 17.9 Å². The molecule has 0 saturated carbocycles. The largest absolute Gasteiger partial charge is 0.393 e. The summed E-state index contributed by atoms with van der Waals surface area (Å²) in [5.41, 5.74) is 6.10. The van der Waals surface area contributed by atoms with Gasteiger partial charge in [-0.1, -0.05) is 17.4 Å². The molecule has 0 radical (unpaired) electrons. The van der Waals surface area contributed by atoms with Crippen LogP contribution in [-0.4, -0.2) is 20.0 Å².